The molecule has 0 N–H and O–H groups in total. The average Bonchev–Trinajstić information content (AvgIpc) is 2.03. The van der Waals surface area contributed by atoms with Gasteiger partial charge in [0.1, 0.15) is 0 Å². The van der Waals surface area contributed by atoms with Gasteiger partial charge in [-0.25, -0.2) is 0 Å². The van der Waals surface area contributed by atoms with E-state index in [1.54, 1.807) is 0 Å². The van der Waals surface area contributed by atoms with Crippen LogP contribution in [0, 0.1) is 0 Å². The van der Waals surface area contributed by atoms with Crippen LogP contribution in [0.2, 0.25) is 0 Å². The summed E-state index contributed by atoms with van der Waals surface area (Å²) in [6.45, 7) is 9.68. The Morgan fingerprint density at radius 2 is 2.38 bits per heavy atom. The molecule has 0 saturated carbocycles. The molecule has 1 aliphatic rings. The molecule has 0 aromatic carbocycles. The first-order valence-corrected chi connectivity index (χ1v) is 4.63. The van der Waals surface area contributed by atoms with Gasteiger partial charge < -0.3 is 9.64 Å². The molecular weight excluding hydrogens is 166 g/mol. The minimum atomic E-state index is 0.169. The molecule has 1 heterocycles. The smallest absolute Gasteiger partial charge is 0.226 e. The zero-order valence-corrected chi connectivity index (χ0v) is 8.38. The van der Waals surface area contributed by atoms with Crippen LogP contribution < -0.4 is 0 Å². The van der Waals surface area contributed by atoms with E-state index in [1.807, 2.05) is 18.7 Å². The van der Waals surface area contributed by atoms with Crippen LogP contribution in [-0.2, 0) is 9.53 Å². The summed E-state index contributed by atoms with van der Waals surface area (Å²) in [5.74, 6) is 0.169. The molecule has 1 aliphatic heterocycles. The van der Waals surface area contributed by atoms with Gasteiger partial charge in [-0.2, -0.15) is 0 Å². The monoisotopic (exact) mass is 183 g/mol. The highest BCUT2D eigenvalue weighted by molar-refractivity contribution is 5.78. The lowest BCUT2D eigenvalue weighted by atomic mass is 10.2. The van der Waals surface area contributed by atoms with E-state index in [1.165, 1.54) is 0 Å². The molecule has 0 radical (unpaired) electrons. The fourth-order valence-corrected chi connectivity index (χ4v) is 1.41. The molecule has 0 spiro atoms. The van der Waals surface area contributed by atoms with Crippen molar-refractivity contribution in [1.82, 2.24) is 4.90 Å². The summed E-state index contributed by atoms with van der Waals surface area (Å²) in [5.41, 5.74) is 0.921. The minimum absolute atomic E-state index is 0.169. The molecule has 1 unspecified atom stereocenters. The Balaban J connectivity index is 2.41. The van der Waals surface area contributed by atoms with Gasteiger partial charge in [0.05, 0.1) is 12.7 Å². The molecule has 0 aromatic heterocycles. The standard InChI is InChI=1S/C10H17NO2/c1-8(2)6-10(12)11-4-5-13-9(3)7-11/h9H,1,4-7H2,2-3H3. The van der Waals surface area contributed by atoms with Gasteiger partial charge in [0.25, 0.3) is 0 Å². The summed E-state index contributed by atoms with van der Waals surface area (Å²) in [5, 5.41) is 0. The summed E-state index contributed by atoms with van der Waals surface area (Å²) < 4.78 is 5.35. The molecule has 0 aromatic rings. The van der Waals surface area contributed by atoms with E-state index in [-0.39, 0.29) is 12.0 Å². The Hall–Kier alpha value is -0.830. The molecule has 1 rings (SSSR count). The van der Waals surface area contributed by atoms with E-state index in [2.05, 4.69) is 6.58 Å². The largest absolute Gasteiger partial charge is 0.375 e. The summed E-state index contributed by atoms with van der Waals surface area (Å²) in [6.07, 6.45) is 0.634. The van der Waals surface area contributed by atoms with Crippen molar-refractivity contribution in [3.05, 3.63) is 12.2 Å². The van der Waals surface area contributed by atoms with Crippen LogP contribution in [0.1, 0.15) is 20.3 Å². The number of carbonyl (C=O) groups is 1. The van der Waals surface area contributed by atoms with Crippen molar-refractivity contribution in [3.8, 4) is 0 Å². The number of carbonyl (C=O) groups excluding carboxylic acids is 1. The van der Waals surface area contributed by atoms with Gasteiger partial charge in [-0.15, -0.1) is 0 Å². The van der Waals surface area contributed by atoms with Crippen LogP contribution in [0.15, 0.2) is 12.2 Å². The summed E-state index contributed by atoms with van der Waals surface area (Å²) in [7, 11) is 0. The maximum atomic E-state index is 11.6. The van der Waals surface area contributed by atoms with Crippen molar-refractivity contribution in [2.45, 2.75) is 26.4 Å². The van der Waals surface area contributed by atoms with E-state index in [0.29, 0.717) is 19.6 Å². The summed E-state index contributed by atoms with van der Waals surface area (Å²) in [4.78, 5) is 13.4. The third-order valence-electron chi connectivity index (χ3n) is 2.05. The van der Waals surface area contributed by atoms with Crippen LogP contribution in [0.3, 0.4) is 0 Å². The second-order valence-corrected chi connectivity index (χ2v) is 3.66. The number of rotatable bonds is 2. The second kappa shape index (κ2) is 4.42. The molecule has 3 nitrogen and oxygen atoms in total. The molecule has 74 valence electrons. The molecule has 0 aliphatic carbocycles. The van der Waals surface area contributed by atoms with Gasteiger partial charge in [0.15, 0.2) is 0 Å². The molecule has 1 saturated heterocycles. The SMILES string of the molecule is C=C(C)CC(=O)N1CCOC(C)C1. The number of hydrogen-bond donors (Lipinski definition) is 0. The van der Waals surface area contributed by atoms with Crippen molar-refractivity contribution in [1.29, 1.82) is 0 Å². The molecule has 3 heteroatoms. The Morgan fingerprint density at radius 3 is 2.92 bits per heavy atom. The Kier molecular flexibility index (Phi) is 3.48. The molecular formula is C10H17NO2. The van der Waals surface area contributed by atoms with Crippen molar-refractivity contribution in [2.24, 2.45) is 0 Å². The Labute approximate surface area is 79.4 Å². The quantitative estimate of drug-likeness (QED) is 0.602. The average molecular weight is 183 g/mol. The lowest BCUT2D eigenvalue weighted by molar-refractivity contribution is -0.137. The second-order valence-electron chi connectivity index (χ2n) is 3.66. The van der Waals surface area contributed by atoms with Gasteiger partial charge in [0, 0.05) is 19.5 Å². The van der Waals surface area contributed by atoms with Crippen LogP contribution in [0.5, 0.6) is 0 Å². The highest BCUT2D eigenvalue weighted by atomic mass is 16.5. The number of morpholine rings is 1. The lowest BCUT2D eigenvalue weighted by Crippen LogP contribution is -2.44. The predicted octanol–water partition coefficient (Wildman–Crippen LogP) is 1.20. The Morgan fingerprint density at radius 1 is 1.69 bits per heavy atom. The third-order valence-corrected chi connectivity index (χ3v) is 2.05. The normalized spacial score (nSPS) is 22.9. The molecule has 1 atom stereocenters. The number of hydrogen-bond acceptors (Lipinski definition) is 2. The van der Waals surface area contributed by atoms with Gasteiger partial charge in [-0.05, 0) is 13.8 Å². The predicted molar refractivity (Wildman–Crippen MR) is 51.4 cm³/mol. The van der Waals surface area contributed by atoms with E-state index in [0.717, 1.165) is 12.1 Å². The maximum Gasteiger partial charge on any atom is 0.226 e. The van der Waals surface area contributed by atoms with Crippen molar-refractivity contribution >= 4 is 5.91 Å². The van der Waals surface area contributed by atoms with E-state index >= 15 is 0 Å². The van der Waals surface area contributed by atoms with Crippen LogP contribution >= 0.6 is 0 Å². The van der Waals surface area contributed by atoms with Crippen molar-refractivity contribution < 1.29 is 9.53 Å². The molecule has 1 amide bonds. The highest BCUT2D eigenvalue weighted by Crippen LogP contribution is 2.08. The molecule has 0 bridgehead atoms. The topological polar surface area (TPSA) is 29.5 Å². The fourth-order valence-electron chi connectivity index (χ4n) is 1.41. The zero-order chi connectivity index (χ0) is 9.84. The van der Waals surface area contributed by atoms with Crippen molar-refractivity contribution in [2.75, 3.05) is 19.7 Å². The van der Waals surface area contributed by atoms with Gasteiger partial charge >= 0.3 is 0 Å². The van der Waals surface area contributed by atoms with Crippen molar-refractivity contribution in [3.63, 3.8) is 0 Å². The number of ether oxygens (including phenoxy) is 1. The first-order chi connectivity index (χ1) is 6.09. The molecule has 1 fully saturated rings. The number of amides is 1. The summed E-state index contributed by atoms with van der Waals surface area (Å²) in [6, 6.07) is 0. The van der Waals surface area contributed by atoms with Crippen LogP contribution in [0.25, 0.3) is 0 Å². The van der Waals surface area contributed by atoms with E-state index in [9.17, 15) is 4.79 Å². The Bertz CT molecular complexity index is 213. The van der Waals surface area contributed by atoms with E-state index in [4.69, 9.17) is 4.74 Å². The maximum absolute atomic E-state index is 11.6. The highest BCUT2D eigenvalue weighted by Gasteiger charge is 2.20. The van der Waals surface area contributed by atoms with Gasteiger partial charge in [-0.3, -0.25) is 4.79 Å². The summed E-state index contributed by atoms with van der Waals surface area (Å²) >= 11 is 0. The van der Waals surface area contributed by atoms with Gasteiger partial charge in [0.2, 0.25) is 5.91 Å². The molecule has 13 heavy (non-hydrogen) atoms. The fraction of sp³-hybridized carbons (Fsp3) is 0.700. The first-order valence-electron chi connectivity index (χ1n) is 4.63. The zero-order valence-electron chi connectivity index (χ0n) is 8.38. The van der Waals surface area contributed by atoms with Crippen LogP contribution in [0.4, 0.5) is 0 Å². The lowest BCUT2D eigenvalue weighted by Gasteiger charge is -2.31. The minimum Gasteiger partial charge on any atom is -0.375 e. The first kappa shape index (κ1) is 10.3. The number of nitrogens with zero attached hydrogens (tertiary/aromatic N) is 1. The van der Waals surface area contributed by atoms with E-state index < -0.39 is 0 Å². The van der Waals surface area contributed by atoms with Gasteiger partial charge in [-0.1, -0.05) is 12.2 Å². The third kappa shape index (κ3) is 3.19. The van der Waals surface area contributed by atoms with Crippen LogP contribution in [-0.4, -0.2) is 36.6 Å².